The number of rotatable bonds is 6. The molecular formula is C13H13Cl2N3OS. The molecule has 0 saturated carbocycles. The van der Waals surface area contributed by atoms with E-state index in [-0.39, 0.29) is 5.91 Å². The van der Waals surface area contributed by atoms with E-state index < -0.39 is 0 Å². The van der Waals surface area contributed by atoms with Crippen LogP contribution in [0.4, 0.5) is 0 Å². The van der Waals surface area contributed by atoms with Gasteiger partial charge >= 0.3 is 0 Å². The Morgan fingerprint density at radius 3 is 3.00 bits per heavy atom. The summed E-state index contributed by atoms with van der Waals surface area (Å²) in [5.74, 6) is 0.272. The Balaban J connectivity index is 1.73. The second kappa shape index (κ2) is 7.57. The molecule has 0 bridgehead atoms. The minimum atomic E-state index is -0.0365. The Morgan fingerprint density at radius 2 is 2.25 bits per heavy atom. The lowest BCUT2D eigenvalue weighted by Gasteiger charge is -2.06. The Morgan fingerprint density at radius 1 is 1.40 bits per heavy atom. The van der Waals surface area contributed by atoms with Gasteiger partial charge in [-0.25, -0.2) is 4.98 Å². The molecule has 0 aliphatic rings. The number of carbonyl (C=O) groups excluding carboxylic acids is 1. The van der Waals surface area contributed by atoms with Crippen molar-refractivity contribution in [3.8, 4) is 0 Å². The number of thioether (sulfide) groups is 1. The number of nitrogens with zero attached hydrogens (tertiary/aromatic N) is 1. The number of imidazole rings is 1. The molecule has 0 unspecified atom stereocenters. The maximum Gasteiger partial charge on any atom is 0.230 e. The Kier molecular flexibility index (Phi) is 5.76. The molecule has 106 valence electrons. The summed E-state index contributed by atoms with van der Waals surface area (Å²) in [6, 6.07) is 5.20. The van der Waals surface area contributed by atoms with E-state index in [9.17, 15) is 4.79 Å². The highest BCUT2D eigenvalue weighted by atomic mass is 35.5. The first-order valence-corrected chi connectivity index (χ1v) is 7.71. The molecule has 1 amide bonds. The van der Waals surface area contributed by atoms with Crippen molar-refractivity contribution in [3.05, 3.63) is 46.5 Å². The van der Waals surface area contributed by atoms with Crippen molar-refractivity contribution in [1.29, 1.82) is 0 Å². The molecule has 1 heterocycles. The van der Waals surface area contributed by atoms with Crippen LogP contribution in [0.15, 0.2) is 35.6 Å². The minimum Gasteiger partial charge on any atom is -0.355 e. The van der Waals surface area contributed by atoms with Gasteiger partial charge in [-0.05, 0) is 18.2 Å². The number of H-pyrrole nitrogens is 1. The summed E-state index contributed by atoms with van der Waals surface area (Å²) < 4.78 is 0. The molecular weight excluding hydrogens is 317 g/mol. The highest BCUT2D eigenvalue weighted by molar-refractivity contribution is 8.00. The third-order valence-corrected chi connectivity index (χ3v) is 4.26. The van der Waals surface area contributed by atoms with E-state index in [1.54, 1.807) is 30.7 Å². The summed E-state index contributed by atoms with van der Waals surface area (Å²) >= 11 is 13.3. The Labute approximate surface area is 131 Å². The van der Waals surface area contributed by atoms with Crippen LogP contribution in [0.1, 0.15) is 5.69 Å². The average Bonchev–Trinajstić information content (AvgIpc) is 2.93. The zero-order chi connectivity index (χ0) is 14.4. The lowest BCUT2D eigenvalue weighted by atomic mass is 10.3. The highest BCUT2D eigenvalue weighted by Gasteiger charge is 2.06. The van der Waals surface area contributed by atoms with Crippen LogP contribution in [0, 0.1) is 0 Å². The number of carbonyl (C=O) groups is 1. The maximum absolute atomic E-state index is 11.7. The van der Waals surface area contributed by atoms with Crippen molar-refractivity contribution in [1.82, 2.24) is 15.3 Å². The second-order valence-corrected chi connectivity index (χ2v) is 5.90. The van der Waals surface area contributed by atoms with Gasteiger partial charge in [0.05, 0.1) is 17.1 Å². The number of amides is 1. The number of hydrogen-bond donors (Lipinski definition) is 2. The first-order chi connectivity index (χ1) is 9.65. The fraction of sp³-hybridized carbons (Fsp3) is 0.231. The average molecular weight is 330 g/mol. The van der Waals surface area contributed by atoms with Crippen molar-refractivity contribution < 1.29 is 4.79 Å². The number of aromatic nitrogens is 2. The van der Waals surface area contributed by atoms with E-state index in [2.05, 4.69) is 15.3 Å². The zero-order valence-corrected chi connectivity index (χ0v) is 12.9. The predicted octanol–water partition coefficient (Wildman–Crippen LogP) is 3.17. The largest absolute Gasteiger partial charge is 0.355 e. The molecule has 2 N–H and O–H groups in total. The van der Waals surface area contributed by atoms with Gasteiger partial charge in [-0.2, -0.15) is 0 Å². The molecule has 20 heavy (non-hydrogen) atoms. The summed E-state index contributed by atoms with van der Waals surface area (Å²) in [5, 5.41) is 4.05. The lowest BCUT2D eigenvalue weighted by molar-refractivity contribution is -0.118. The SMILES string of the molecule is O=C(CSc1cc(Cl)ccc1Cl)NCCc1cnc[nH]1. The topological polar surface area (TPSA) is 57.8 Å². The van der Waals surface area contributed by atoms with Crippen LogP contribution in [0.2, 0.25) is 10.0 Å². The van der Waals surface area contributed by atoms with Gasteiger partial charge in [0, 0.05) is 34.8 Å². The van der Waals surface area contributed by atoms with E-state index >= 15 is 0 Å². The fourth-order valence-corrected chi connectivity index (χ4v) is 2.86. The summed E-state index contributed by atoms with van der Waals surface area (Å²) in [5.41, 5.74) is 0.996. The van der Waals surface area contributed by atoms with E-state index in [0.29, 0.717) is 22.3 Å². The molecule has 2 rings (SSSR count). The monoisotopic (exact) mass is 329 g/mol. The number of nitrogens with one attached hydrogen (secondary N) is 2. The summed E-state index contributed by atoms with van der Waals surface area (Å²) in [7, 11) is 0. The third kappa shape index (κ3) is 4.74. The molecule has 7 heteroatoms. The van der Waals surface area contributed by atoms with Crippen LogP contribution in [0.25, 0.3) is 0 Å². The zero-order valence-electron chi connectivity index (χ0n) is 10.5. The summed E-state index contributed by atoms with van der Waals surface area (Å²) in [6.07, 6.45) is 4.09. The van der Waals surface area contributed by atoms with Crippen molar-refractivity contribution in [2.24, 2.45) is 0 Å². The first kappa shape index (κ1) is 15.2. The molecule has 0 aliphatic carbocycles. The molecule has 1 aromatic carbocycles. The van der Waals surface area contributed by atoms with E-state index in [1.165, 1.54) is 11.8 Å². The number of hydrogen-bond acceptors (Lipinski definition) is 3. The smallest absolute Gasteiger partial charge is 0.230 e. The molecule has 0 atom stereocenters. The Bertz CT molecular complexity index is 575. The maximum atomic E-state index is 11.7. The molecule has 1 aromatic heterocycles. The molecule has 0 fully saturated rings. The molecule has 4 nitrogen and oxygen atoms in total. The van der Waals surface area contributed by atoms with Crippen LogP contribution in [-0.4, -0.2) is 28.2 Å². The van der Waals surface area contributed by atoms with Gasteiger partial charge in [-0.15, -0.1) is 11.8 Å². The van der Waals surface area contributed by atoms with Crippen molar-refractivity contribution in [3.63, 3.8) is 0 Å². The molecule has 2 aromatic rings. The summed E-state index contributed by atoms with van der Waals surface area (Å²) in [6.45, 7) is 0.574. The number of halogens is 2. The van der Waals surface area contributed by atoms with Gasteiger partial charge in [-0.3, -0.25) is 4.79 Å². The predicted molar refractivity (Wildman–Crippen MR) is 82.5 cm³/mol. The molecule has 0 saturated heterocycles. The van der Waals surface area contributed by atoms with Crippen LogP contribution in [0.5, 0.6) is 0 Å². The van der Waals surface area contributed by atoms with Crippen molar-refractivity contribution >= 4 is 40.9 Å². The van der Waals surface area contributed by atoms with Gasteiger partial charge in [0.2, 0.25) is 5.91 Å². The number of aromatic amines is 1. The quantitative estimate of drug-likeness (QED) is 0.800. The van der Waals surface area contributed by atoms with Gasteiger partial charge in [-0.1, -0.05) is 23.2 Å². The van der Waals surface area contributed by atoms with Crippen molar-refractivity contribution in [2.45, 2.75) is 11.3 Å². The van der Waals surface area contributed by atoms with Crippen LogP contribution in [0.3, 0.4) is 0 Å². The highest BCUT2D eigenvalue weighted by Crippen LogP contribution is 2.29. The molecule has 0 aliphatic heterocycles. The molecule has 0 spiro atoms. The van der Waals surface area contributed by atoms with Crippen LogP contribution < -0.4 is 5.32 Å². The van der Waals surface area contributed by atoms with Gasteiger partial charge < -0.3 is 10.3 Å². The lowest BCUT2D eigenvalue weighted by Crippen LogP contribution is -2.27. The normalized spacial score (nSPS) is 10.5. The Hall–Kier alpha value is -1.17. The summed E-state index contributed by atoms with van der Waals surface area (Å²) in [4.78, 5) is 19.4. The fourth-order valence-electron chi connectivity index (χ4n) is 1.54. The minimum absolute atomic E-state index is 0.0365. The third-order valence-electron chi connectivity index (χ3n) is 2.52. The molecule has 0 radical (unpaired) electrons. The van der Waals surface area contributed by atoms with Crippen LogP contribution in [-0.2, 0) is 11.2 Å². The standard InChI is InChI=1S/C13H13Cl2N3OS/c14-9-1-2-11(15)12(5-9)20-7-13(19)17-4-3-10-6-16-8-18-10/h1-2,5-6,8H,3-4,7H2,(H,16,18)(H,17,19). The van der Waals surface area contributed by atoms with E-state index in [1.807, 2.05) is 0 Å². The van der Waals surface area contributed by atoms with Gasteiger partial charge in [0.25, 0.3) is 0 Å². The second-order valence-electron chi connectivity index (χ2n) is 4.04. The first-order valence-electron chi connectivity index (χ1n) is 5.97. The van der Waals surface area contributed by atoms with Gasteiger partial charge in [0.15, 0.2) is 0 Å². The number of benzene rings is 1. The van der Waals surface area contributed by atoms with E-state index in [0.717, 1.165) is 17.0 Å². The van der Waals surface area contributed by atoms with Crippen molar-refractivity contribution in [2.75, 3.05) is 12.3 Å². The van der Waals surface area contributed by atoms with Gasteiger partial charge in [0.1, 0.15) is 0 Å². The van der Waals surface area contributed by atoms with E-state index in [4.69, 9.17) is 23.2 Å². The van der Waals surface area contributed by atoms with Crippen LogP contribution >= 0.6 is 35.0 Å².